The zero-order valence-corrected chi connectivity index (χ0v) is 16.0. The highest BCUT2D eigenvalue weighted by Crippen LogP contribution is 2.23. The van der Waals surface area contributed by atoms with Crippen molar-refractivity contribution in [3.05, 3.63) is 64.7 Å². The number of anilines is 1. The number of ketones is 1. The second-order valence-corrected chi connectivity index (χ2v) is 6.88. The van der Waals surface area contributed by atoms with Crippen molar-refractivity contribution in [1.29, 1.82) is 0 Å². The molecule has 6 nitrogen and oxygen atoms in total. The van der Waals surface area contributed by atoms with E-state index in [4.69, 9.17) is 4.74 Å². The summed E-state index contributed by atoms with van der Waals surface area (Å²) in [4.78, 5) is 49.5. The van der Waals surface area contributed by atoms with Gasteiger partial charge in [0.2, 0.25) is 17.6 Å². The fourth-order valence-corrected chi connectivity index (χ4v) is 3.02. The molecule has 1 aliphatic heterocycles. The van der Waals surface area contributed by atoms with Crippen LogP contribution in [0.5, 0.6) is 0 Å². The Balaban J connectivity index is 1.68. The number of amides is 2. The summed E-state index contributed by atoms with van der Waals surface area (Å²) in [5, 5.41) is 0. The Labute approximate surface area is 163 Å². The minimum Gasteiger partial charge on any atom is -0.451 e. The number of esters is 1. The second kappa shape index (κ2) is 7.76. The van der Waals surface area contributed by atoms with Gasteiger partial charge >= 0.3 is 5.97 Å². The summed E-state index contributed by atoms with van der Waals surface area (Å²) in [7, 11) is 0. The number of hydrogen-bond acceptors (Lipinski definition) is 5. The van der Waals surface area contributed by atoms with Gasteiger partial charge in [-0.05, 0) is 62.2 Å². The highest BCUT2D eigenvalue weighted by molar-refractivity contribution is 6.19. The van der Waals surface area contributed by atoms with E-state index < -0.39 is 12.1 Å². The van der Waals surface area contributed by atoms with Crippen molar-refractivity contribution in [3.8, 4) is 0 Å². The minimum absolute atomic E-state index is 0.195. The van der Waals surface area contributed by atoms with Gasteiger partial charge in [0, 0.05) is 18.4 Å². The molecule has 1 atom stereocenters. The molecule has 0 N–H and O–H groups in total. The first kappa shape index (κ1) is 19.5. The number of rotatable bonds is 5. The van der Waals surface area contributed by atoms with E-state index in [1.54, 1.807) is 12.1 Å². The molecule has 0 radical (unpaired) electrons. The van der Waals surface area contributed by atoms with Crippen LogP contribution in [0.1, 0.15) is 51.6 Å². The smallest absolute Gasteiger partial charge is 0.338 e. The maximum Gasteiger partial charge on any atom is 0.338 e. The van der Waals surface area contributed by atoms with Crippen molar-refractivity contribution in [2.45, 2.75) is 39.7 Å². The third-order valence-electron chi connectivity index (χ3n) is 4.86. The van der Waals surface area contributed by atoms with Crippen LogP contribution in [-0.2, 0) is 14.3 Å². The predicted molar refractivity (Wildman–Crippen MR) is 103 cm³/mol. The fraction of sp³-hybridized carbons (Fsp3) is 0.273. The number of Topliss-reactive ketones (excluding diaryl/α,β-unsaturated/α-hetero) is 1. The summed E-state index contributed by atoms with van der Waals surface area (Å²) in [5.41, 5.74) is 3.22. The molecule has 1 heterocycles. The molecule has 0 bridgehead atoms. The Bertz CT molecular complexity index is 945. The van der Waals surface area contributed by atoms with Crippen LogP contribution in [0.4, 0.5) is 5.69 Å². The number of ether oxygens (including phenoxy) is 1. The van der Waals surface area contributed by atoms with Crippen LogP contribution >= 0.6 is 0 Å². The van der Waals surface area contributed by atoms with Gasteiger partial charge < -0.3 is 4.74 Å². The van der Waals surface area contributed by atoms with Gasteiger partial charge in [0.25, 0.3) is 0 Å². The van der Waals surface area contributed by atoms with E-state index in [9.17, 15) is 19.2 Å². The Kier molecular flexibility index (Phi) is 5.40. The van der Waals surface area contributed by atoms with Crippen molar-refractivity contribution in [1.82, 2.24) is 0 Å². The van der Waals surface area contributed by atoms with E-state index in [-0.39, 0.29) is 36.0 Å². The first-order valence-corrected chi connectivity index (χ1v) is 9.06. The number of benzene rings is 2. The van der Waals surface area contributed by atoms with E-state index in [0.717, 1.165) is 16.0 Å². The number of nitrogens with zero attached hydrogens (tertiary/aromatic N) is 1. The van der Waals surface area contributed by atoms with Gasteiger partial charge in [0.1, 0.15) is 0 Å². The molecule has 0 saturated carbocycles. The second-order valence-electron chi connectivity index (χ2n) is 6.88. The van der Waals surface area contributed by atoms with E-state index in [0.29, 0.717) is 11.3 Å². The molecule has 2 aromatic rings. The number of carbonyl (C=O) groups is 4. The lowest BCUT2D eigenvalue weighted by Crippen LogP contribution is -2.28. The molecule has 0 aromatic heterocycles. The summed E-state index contributed by atoms with van der Waals surface area (Å²) in [5.74, 6) is -1.43. The first-order valence-electron chi connectivity index (χ1n) is 9.06. The lowest BCUT2D eigenvalue weighted by Gasteiger charge is -2.15. The van der Waals surface area contributed by atoms with Crippen LogP contribution in [-0.4, -0.2) is 29.7 Å². The van der Waals surface area contributed by atoms with E-state index in [1.165, 1.54) is 31.2 Å². The van der Waals surface area contributed by atoms with Crippen LogP contribution in [0, 0.1) is 13.8 Å². The van der Waals surface area contributed by atoms with E-state index in [1.807, 2.05) is 19.9 Å². The van der Waals surface area contributed by atoms with Crippen LogP contribution in [0.2, 0.25) is 0 Å². The molecular formula is C22H21NO5. The summed E-state index contributed by atoms with van der Waals surface area (Å²) < 4.78 is 5.29. The van der Waals surface area contributed by atoms with Crippen molar-refractivity contribution < 1.29 is 23.9 Å². The molecule has 0 aliphatic carbocycles. The molecule has 2 amide bonds. The molecule has 1 fully saturated rings. The van der Waals surface area contributed by atoms with Crippen molar-refractivity contribution in [2.75, 3.05) is 4.90 Å². The van der Waals surface area contributed by atoms with Gasteiger partial charge in [0.05, 0.1) is 11.3 Å². The molecule has 1 saturated heterocycles. The summed E-state index contributed by atoms with van der Waals surface area (Å²) in [6.07, 6.45) is -0.544. The minimum atomic E-state index is -0.934. The molecule has 6 heteroatoms. The third kappa shape index (κ3) is 3.86. The topological polar surface area (TPSA) is 80.8 Å². The van der Waals surface area contributed by atoms with Gasteiger partial charge in [-0.1, -0.05) is 12.1 Å². The molecule has 0 spiro atoms. The average molecular weight is 379 g/mol. The number of imide groups is 1. The Hall–Kier alpha value is -3.28. The largest absolute Gasteiger partial charge is 0.451 e. The van der Waals surface area contributed by atoms with Crippen molar-refractivity contribution in [2.24, 2.45) is 0 Å². The Morgan fingerprint density at radius 3 is 2.04 bits per heavy atom. The highest BCUT2D eigenvalue weighted by Gasteiger charge is 2.30. The van der Waals surface area contributed by atoms with Crippen molar-refractivity contribution >= 4 is 29.3 Å². The molecule has 28 heavy (non-hydrogen) atoms. The molecule has 1 aliphatic rings. The molecule has 2 aromatic carbocycles. The average Bonchev–Trinajstić information content (AvgIpc) is 3.01. The summed E-state index contributed by atoms with van der Waals surface area (Å²) >= 11 is 0. The van der Waals surface area contributed by atoms with Gasteiger partial charge in [-0.25, -0.2) is 4.79 Å². The maximum absolute atomic E-state index is 12.5. The van der Waals surface area contributed by atoms with Crippen molar-refractivity contribution in [3.63, 3.8) is 0 Å². The Morgan fingerprint density at radius 2 is 1.46 bits per heavy atom. The third-order valence-corrected chi connectivity index (χ3v) is 4.86. The van der Waals surface area contributed by atoms with E-state index in [2.05, 4.69) is 0 Å². The summed E-state index contributed by atoms with van der Waals surface area (Å²) in [6.45, 7) is 5.41. The lowest BCUT2D eigenvalue weighted by molar-refractivity contribution is -0.121. The lowest BCUT2D eigenvalue weighted by atomic mass is 10.0. The highest BCUT2D eigenvalue weighted by atomic mass is 16.5. The van der Waals surface area contributed by atoms with Gasteiger partial charge in [-0.15, -0.1) is 0 Å². The van der Waals surface area contributed by atoms with Crippen LogP contribution in [0.15, 0.2) is 42.5 Å². The fourth-order valence-electron chi connectivity index (χ4n) is 3.02. The number of hydrogen-bond donors (Lipinski definition) is 0. The SMILES string of the molecule is Cc1ccc(C(=O)[C@@H](C)OC(=O)c2ccc(N3C(=O)CCC3=O)cc2)cc1C. The normalized spacial score (nSPS) is 14.9. The zero-order chi connectivity index (χ0) is 20.4. The van der Waals surface area contributed by atoms with Crippen LogP contribution < -0.4 is 4.90 Å². The van der Waals surface area contributed by atoms with E-state index >= 15 is 0 Å². The monoisotopic (exact) mass is 379 g/mol. The molecule has 3 rings (SSSR count). The predicted octanol–water partition coefficient (Wildman–Crippen LogP) is 3.39. The van der Waals surface area contributed by atoms with Gasteiger partial charge in [-0.2, -0.15) is 0 Å². The number of carbonyl (C=O) groups excluding carboxylic acids is 4. The van der Waals surface area contributed by atoms with Gasteiger partial charge in [0.15, 0.2) is 6.10 Å². The maximum atomic E-state index is 12.5. The first-order chi connectivity index (χ1) is 13.3. The molecule has 0 unspecified atom stereocenters. The zero-order valence-electron chi connectivity index (χ0n) is 16.0. The standard InChI is InChI=1S/C22H21NO5/c1-13-4-5-17(12-14(13)2)21(26)15(3)28-22(27)16-6-8-18(9-7-16)23-19(24)10-11-20(23)25/h4-9,12,15H,10-11H2,1-3H3/t15-/m1/s1. The van der Waals surface area contributed by atoms with Crippen LogP contribution in [0.3, 0.4) is 0 Å². The quantitative estimate of drug-likeness (QED) is 0.452. The Morgan fingerprint density at radius 1 is 0.893 bits per heavy atom. The molecular weight excluding hydrogens is 358 g/mol. The van der Waals surface area contributed by atoms with Crippen LogP contribution in [0.25, 0.3) is 0 Å². The molecule has 144 valence electrons. The van der Waals surface area contributed by atoms with Gasteiger partial charge in [-0.3, -0.25) is 19.3 Å². The summed E-state index contributed by atoms with van der Waals surface area (Å²) in [6, 6.07) is 11.3. The number of aryl methyl sites for hydroxylation is 2.